The summed E-state index contributed by atoms with van der Waals surface area (Å²) in [5, 5.41) is 11.0. The molecule has 0 radical (unpaired) electrons. The lowest BCUT2D eigenvalue weighted by atomic mass is 10.2. The van der Waals surface area contributed by atoms with Crippen LogP contribution in [0.2, 0.25) is 0 Å². The maximum Gasteiger partial charge on any atom is 0.312 e. The van der Waals surface area contributed by atoms with Crippen molar-refractivity contribution in [2.75, 3.05) is 0 Å². The SMILES string of the molecule is O=Cc1ccc(Oc2ccc(Br)cc2[N+](=O)[O-])cc1Br. The van der Waals surface area contributed by atoms with E-state index >= 15 is 0 Å². The summed E-state index contributed by atoms with van der Waals surface area (Å²) in [7, 11) is 0. The van der Waals surface area contributed by atoms with Gasteiger partial charge in [0.25, 0.3) is 0 Å². The van der Waals surface area contributed by atoms with Gasteiger partial charge in [0, 0.05) is 20.6 Å². The summed E-state index contributed by atoms with van der Waals surface area (Å²) in [5.74, 6) is 0.525. The van der Waals surface area contributed by atoms with Gasteiger partial charge in [-0.1, -0.05) is 15.9 Å². The number of nitrogens with zero attached hydrogens (tertiary/aromatic N) is 1. The van der Waals surface area contributed by atoms with Crippen LogP contribution in [-0.2, 0) is 0 Å². The van der Waals surface area contributed by atoms with Gasteiger partial charge in [-0.05, 0) is 46.3 Å². The van der Waals surface area contributed by atoms with Crippen LogP contribution in [0.1, 0.15) is 10.4 Å². The van der Waals surface area contributed by atoms with E-state index < -0.39 is 4.92 Å². The minimum Gasteiger partial charge on any atom is -0.450 e. The molecule has 102 valence electrons. The van der Waals surface area contributed by atoms with Gasteiger partial charge in [0.1, 0.15) is 5.75 Å². The number of halogens is 2. The molecule has 0 aromatic heterocycles. The lowest BCUT2D eigenvalue weighted by Crippen LogP contribution is -1.94. The van der Waals surface area contributed by atoms with Crippen LogP contribution in [0.3, 0.4) is 0 Å². The van der Waals surface area contributed by atoms with Crippen LogP contribution in [0.4, 0.5) is 5.69 Å². The summed E-state index contributed by atoms with van der Waals surface area (Å²) in [6, 6.07) is 9.23. The lowest BCUT2D eigenvalue weighted by molar-refractivity contribution is -0.385. The van der Waals surface area contributed by atoms with Crippen LogP contribution in [-0.4, -0.2) is 11.2 Å². The number of hydrogen-bond acceptors (Lipinski definition) is 4. The highest BCUT2D eigenvalue weighted by molar-refractivity contribution is 9.10. The molecule has 7 heteroatoms. The van der Waals surface area contributed by atoms with Gasteiger partial charge < -0.3 is 4.74 Å². The predicted octanol–water partition coefficient (Wildman–Crippen LogP) is 4.72. The van der Waals surface area contributed by atoms with Gasteiger partial charge in [0.15, 0.2) is 6.29 Å². The van der Waals surface area contributed by atoms with E-state index in [4.69, 9.17) is 4.74 Å². The van der Waals surface area contributed by atoms with Crippen LogP contribution < -0.4 is 4.74 Å². The van der Waals surface area contributed by atoms with E-state index in [2.05, 4.69) is 31.9 Å². The number of ether oxygens (including phenoxy) is 1. The Morgan fingerprint density at radius 3 is 2.50 bits per heavy atom. The third kappa shape index (κ3) is 3.23. The molecule has 2 aromatic rings. The molecule has 0 spiro atoms. The van der Waals surface area contributed by atoms with Gasteiger partial charge in [0.05, 0.1) is 4.92 Å². The Morgan fingerprint density at radius 2 is 1.90 bits per heavy atom. The lowest BCUT2D eigenvalue weighted by Gasteiger charge is -2.07. The predicted molar refractivity (Wildman–Crippen MR) is 80.4 cm³/mol. The maximum atomic E-state index is 11.0. The van der Waals surface area contributed by atoms with Gasteiger partial charge in [-0.25, -0.2) is 0 Å². The van der Waals surface area contributed by atoms with E-state index in [0.717, 1.165) is 0 Å². The third-order valence-electron chi connectivity index (χ3n) is 2.44. The molecule has 0 atom stereocenters. The van der Waals surface area contributed by atoms with Gasteiger partial charge in [-0.15, -0.1) is 0 Å². The zero-order valence-corrected chi connectivity index (χ0v) is 13.0. The van der Waals surface area contributed by atoms with E-state index in [1.54, 1.807) is 24.3 Å². The second-order valence-electron chi connectivity index (χ2n) is 3.77. The van der Waals surface area contributed by atoms with Gasteiger partial charge in [0.2, 0.25) is 5.75 Å². The number of carbonyl (C=O) groups is 1. The molecular formula is C13H7Br2NO4. The number of nitro benzene ring substituents is 1. The van der Waals surface area contributed by atoms with Crippen molar-refractivity contribution in [3.05, 3.63) is 61.0 Å². The highest BCUT2D eigenvalue weighted by atomic mass is 79.9. The van der Waals surface area contributed by atoms with Crippen LogP contribution in [0.25, 0.3) is 0 Å². The van der Waals surface area contributed by atoms with Crippen molar-refractivity contribution in [2.45, 2.75) is 0 Å². The summed E-state index contributed by atoms with van der Waals surface area (Å²) in [4.78, 5) is 21.2. The molecule has 2 rings (SSSR count). The Balaban J connectivity index is 2.37. The van der Waals surface area contributed by atoms with Crippen molar-refractivity contribution >= 4 is 43.8 Å². The minimum absolute atomic E-state index is 0.129. The normalized spacial score (nSPS) is 10.1. The van der Waals surface area contributed by atoms with Crippen LogP contribution in [0, 0.1) is 10.1 Å². The highest BCUT2D eigenvalue weighted by Gasteiger charge is 2.16. The Bertz CT molecular complexity index is 688. The van der Waals surface area contributed by atoms with Crippen LogP contribution >= 0.6 is 31.9 Å². The van der Waals surface area contributed by atoms with Gasteiger partial charge in [-0.2, -0.15) is 0 Å². The summed E-state index contributed by atoms with van der Waals surface area (Å²) < 4.78 is 6.65. The Kier molecular flexibility index (Phi) is 4.51. The van der Waals surface area contributed by atoms with Crippen molar-refractivity contribution < 1.29 is 14.5 Å². The molecule has 0 saturated carbocycles. The van der Waals surface area contributed by atoms with Crippen molar-refractivity contribution in [3.8, 4) is 11.5 Å². The molecule has 0 fully saturated rings. The Hall–Kier alpha value is -1.73. The smallest absolute Gasteiger partial charge is 0.312 e. The number of nitro groups is 1. The van der Waals surface area contributed by atoms with E-state index in [-0.39, 0.29) is 11.4 Å². The first kappa shape index (κ1) is 14.7. The first-order chi connectivity index (χ1) is 9.51. The zero-order chi connectivity index (χ0) is 14.7. The average Bonchev–Trinajstić information content (AvgIpc) is 2.41. The van der Waals surface area contributed by atoms with E-state index in [1.807, 2.05) is 0 Å². The molecule has 0 N–H and O–H groups in total. The number of carbonyl (C=O) groups excluding carboxylic acids is 1. The van der Waals surface area contributed by atoms with Crippen molar-refractivity contribution in [3.63, 3.8) is 0 Å². The Morgan fingerprint density at radius 1 is 1.15 bits per heavy atom. The average molecular weight is 401 g/mol. The molecule has 0 unspecified atom stereocenters. The summed E-state index contributed by atoms with van der Waals surface area (Å²) in [5.41, 5.74) is 0.331. The van der Waals surface area contributed by atoms with Crippen molar-refractivity contribution in [1.29, 1.82) is 0 Å². The fraction of sp³-hybridized carbons (Fsp3) is 0. The van der Waals surface area contributed by atoms with E-state index in [0.29, 0.717) is 26.5 Å². The second kappa shape index (κ2) is 6.15. The number of benzene rings is 2. The van der Waals surface area contributed by atoms with Gasteiger partial charge >= 0.3 is 5.69 Å². The highest BCUT2D eigenvalue weighted by Crippen LogP contribution is 2.34. The quantitative estimate of drug-likeness (QED) is 0.422. The largest absolute Gasteiger partial charge is 0.450 e. The zero-order valence-electron chi connectivity index (χ0n) is 9.88. The van der Waals surface area contributed by atoms with E-state index in [9.17, 15) is 14.9 Å². The molecular weight excluding hydrogens is 394 g/mol. The molecule has 0 amide bonds. The summed E-state index contributed by atoms with van der Waals surface area (Å²) in [6.45, 7) is 0. The molecule has 2 aromatic carbocycles. The fourth-order valence-corrected chi connectivity index (χ4v) is 2.31. The van der Waals surface area contributed by atoms with Crippen LogP contribution in [0.15, 0.2) is 45.3 Å². The Labute approximate surface area is 131 Å². The van der Waals surface area contributed by atoms with Crippen molar-refractivity contribution in [1.82, 2.24) is 0 Å². The molecule has 0 saturated heterocycles. The summed E-state index contributed by atoms with van der Waals surface area (Å²) >= 11 is 6.40. The first-order valence-electron chi connectivity index (χ1n) is 5.38. The molecule has 0 heterocycles. The molecule has 5 nitrogen and oxygen atoms in total. The monoisotopic (exact) mass is 399 g/mol. The molecule has 0 aliphatic carbocycles. The van der Waals surface area contributed by atoms with Crippen molar-refractivity contribution in [2.24, 2.45) is 0 Å². The first-order valence-corrected chi connectivity index (χ1v) is 6.96. The van der Waals surface area contributed by atoms with E-state index in [1.165, 1.54) is 12.1 Å². The topological polar surface area (TPSA) is 69.4 Å². The maximum absolute atomic E-state index is 11.0. The van der Waals surface area contributed by atoms with Crippen LogP contribution in [0.5, 0.6) is 11.5 Å². The molecule has 0 aliphatic heterocycles. The summed E-state index contributed by atoms with van der Waals surface area (Å²) in [6.07, 6.45) is 0.704. The third-order valence-corrected chi connectivity index (χ3v) is 3.62. The fourth-order valence-electron chi connectivity index (χ4n) is 1.51. The standard InChI is InChI=1S/C13H7Br2NO4/c14-9-2-4-13(12(5-9)16(18)19)20-10-3-1-8(7-17)11(15)6-10/h1-7H. The molecule has 0 bridgehead atoms. The number of hydrogen-bond donors (Lipinski definition) is 0. The van der Waals surface area contributed by atoms with Gasteiger partial charge in [-0.3, -0.25) is 14.9 Å². The second-order valence-corrected chi connectivity index (χ2v) is 5.54. The number of rotatable bonds is 4. The minimum atomic E-state index is -0.519. The number of aldehydes is 1. The molecule has 0 aliphatic rings. The molecule has 20 heavy (non-hydrogen) atoms.